The first-order valence-electron chi connectivity index (χ1n) is 9.43. The highest BCUT2D eigenvalue weighted by Crippen LogP contribution is 2.29. The molecular formula is C24H30O5. The van der Waals surface area contributed by atoms with Crippen molar-refractivity contribution in [2.24, 2.45) is 5.92 Å². The van der Waals surface area contributed by atoms with E-state index in [1.807, 2.05) is 70.2 Å². The number of aliphatic hydroxyl groups is 1. The highest BCUT2D eigenvalue weighted by Gasteiger charge is 2.33. The third-order valence-corrected chi connectivity index (χ3v) is 4.46. The van der Waals surface area contributed by atoms with Crippen LogP contribution < -0.4 is 0 Å². The normalized spacial score (nSPS) is 22.6. The number of rotatable bonds is 7. The van der Waals surface area contributed by atoms with Gasteiger partial charge in [-0.25, -0.2) is 9.59 Å². The Morgan fingerprint density at radius 3 is 2.17 bits per heavy atom. The lowest BCUT2D eigenvalue weighted by atomic mass is 9.91. The summed E-state index contributed by atoms with van der Waals surface area (Å²) in [5.41, 5.74) is 3.77. The fraction of sp³-hybridized carbons (Fsp3) is 0.333. The first-order valence-corrected chi connectivity index (χ1v) is 9.43. The van der Waals surface area contributed by atoms with Crippen molar-refractivity contribution in [2.75, 3.05) is 0 Å². The second-order valence-corrected chi connectivity index (χ2v) is 7.28. The maximum atomic E-state index is 11.8. The molecule has 0 saturated heterocycles. The molecule has 0 aromatic heterocycles. The van der Waals surface area contributed by atoms with Gasteiger partial charge >= 0.3 is 11.9 Å². The fourth-order valence-corrected chi connectivity index (χ4v) is 3.00. The number of carbonyl (C=O) groups excluding carboxylic acids is 1. The first kappa shape index (κ1) is 24.0. The molecule has 1 aliphatic rings. The van der Waals surface area contributed by atoms with Crippen molar-refractivity contribution < 1.29 is 24.5 Å². The molecule has 0 bridgehead atoms. The molecule has 0 radical (unpaired) electrons. The van der Waals surface area contributed by atoms with Crippen molar-refractivity contribution in [3.05, 3.63) is 82.2 Å². The van der Waals surface area contributed by atoms with E-state index in [0.717, 1.165) is 16.7 Å². The van der Waals surface area contributed by atoms with E-state index in [0.29, 0.717) is 5.57 Å². The predicted molar refractivity (Wildman–Crippen MR) is 115 cm³/mol. The lowest BCUT2D eigenvalue weighted by molar-refractivity contribution is -0.147. The molecule has 1 heterocycles. The van der Waals surface area contributed by atoms with Crippen LogP contribution in [0.15, 0.2) is 82.2 Å². The van der Waals surface area contributed by atoms with E-state index < -0.39 is 18.0 Å². The number of hydrogen-bond acceptors (Lipinski definition) is 4. The fourth-order valence-electron chi connectivity index (χ4n) is 3.00. The van der Waals surface area contributed by atoms with Crippen LogP contribution in [0.1, 0.15) is 41.5 Å². The van der Waals surface area contributed by atoms with Crippen LogP contribution in [-0.4, -0.2) is 28.3 Å². The van der Waals surface area contributed by atoms with Gasteiger partial charge < -0.3 is 14.9 Å². The molecule has 29 heavy (non-hydrogen) atoms. The van der Waals surface area contributed by atoms with Gasteiger partial charge in [0.05, 0.1) is 11.5 Å². The van der Waals surface area contributed by atoms with Crippen LogP contribution in [0.25, 0.3) is 0 Å². The Bertz CT molecular complexity index is 860. The summed E-state index contributed by atoms with van der Waals surface area (Å²) in [4.78, 5) is 22.4. The summed E-state index contributed by atoms with van der Waals surface area (Å²) in [6, 6.07) is 0. The highest BCUT2D eigenvalue weighted by molar-refractivity contribution is 5.89. The Labute approximate surface area is 172 Å². The Morgan fingerprint density at radius 1 is 0.966 bits per heavy atom. The van der Waals surface area contributed by atoms with E-state index in [4.69, 9.17) is 9.84 Å². The van der Waals surface area contributed by atoms with Crippen molar-refractivity contribution in [1.29, 1.82) is 0 Å². The van der Waals surface area contributed by atoms with Gasteiger partial charge in [0.15, 0.2) is 0 Å². The summed E-state index contributed by atoms with van der Waals surface area (Å²) >= 11 is 0. The highest BCUT2D eigenvalue weighted by atomic mass is 16.5. The van der Waals surface area contributed by atoms with E-state index in [2.05, 4.69) is 0 Å². The standard InChI is InChI=1S/C24H30O5/c1-15(12-16(2)13-17(3)14-21(25)26)10-8-7-9-11-18(4)23-19(5)22(27)20(6)24(28)29-23/h7-14,19,23,27H,1-6H3,(H,25,26)/b9-7-,10-8+,15-12+,16-13+,17-14+,18-11+/t19-,23+/m1/s1. The van der Waals surface area contributed by atoms with Gasteiger partial charge in [-0.3, -0.25) is 0 Å². The van der Waals surface area contributed by atoms with Crippen LogP contribution in [-0.2, 0) is 14.3 Å². The number of cyclic esters (lactones) is 1. The number of ether oxygens (including phenoxy) is 1. The van der Waals surface area contributed by atoms with Crippen LogP contribution >= 0.6 is 0 Å². The van der Waals surface area contributed by atoms with Gasteiger partial charge in [0.1, 0.15) is 11.9 Å². The Kier molecular flexibility index (Phi) is 9.13. The van der Waals surface area contributed by atoms with E-state index in [1.54, 1.807) is 13.8 Å². The van der Waals surface area contributed by atoms with Crippen molar-refractivity contribution in [3.63, 3.8) is 0 Å². The van der Waals surface area contributed by atoms with Gasteiger partial charge in [-0.1, -0.05) is 60.6 Å². The summed E-state index contributed by atoms with van der Waals surface area (Å²) < 4.78 is 5.40. The van der Waals surface area contributed by atoms with E-state index >= 15 is 0 Å². The second-order valence-electron chi connectivity index (χ2n) is 7.28. The van der Waals surface area contributed by atoms with E-state index in [-0.39, 0.29) is 17.3 Å². The van der Waals surface area contributed by atoms with E-state index in [9.17, 15) is 14.7 Å². The van der Waals surface area contributed by atoms with Crippen LogP contribution in [0.3, 0.4) is 0 Å². The molecule has 0 spiro atoms. The third kappa shape index (κ3) is 7.82. The number of carboxylic acid groups (broad SMARTS) is 1. The molecule has 0 unspecified atom stereocenters. The lowest BCUT2D eigenvalue weighted by Gasteiger charge is -2.29. The molecule has 0 aliphatic carbocycles. The Morgan fingerprint density at radius 2 is 1.55 bits per heavy atom. The van der Waals surface area contributed by atoms with Gasteiger partial charge in [-0.05, 0) is 45.8 Å². The quantitative estimate of drug-likeness (QED) is 0.342. The van der Waals surface area contributed by atoms with Crippen molar-refractivity contribution in [3.8, 4) is 0 Å². The van der Waals surface area contributed by atoms with E-state index in [1.165, 1.54) is 6.08 Å². The molecule has 0 aromatic carbocycles. The average molecular weight is 398 g/mol. The zero-order valence-corrected chi connectivity index (χ0v) is 17.9. The molecule has 2 atom stereocenters. The molecule has 0 amide bonds. The number of esters is 1. The SMILES string of the molecule is CC1=C(O)[C@@H](C)[C@H](/C(C)=C/C=C\C=C\C(C)=C\C(C)=C\C(C)=C\C(=O)O)OC1=O. The smallest absolute Gasteiger partial charge is 0.337 e. The van der Waals surface area contributed by atoms with Gasteiger partial charge in [0, 0.05) is 6.08 Å². The molecule has 2 N–H and O–H groups in total. The maximum Gasteiger partial charge on any atom is 0.337 e. The summed E-state index contributed by atoms with van der Waals surface area (Å²) in [6.07, 6.45) is 13.9. The average Bonchev–Trinajstić information content (AvgIpc) is 2.61. The molecule has 0 saturated carbocycles. The number of carbonyl (C=O) groups is 2. The van der Waals surface area contributed by atoms with Crippen molar-refractivity contribution in [2.45, 2.75) is 47.6 Å². The van der Waals surface area contributed by atoms with Gasteiger partial charge in [-0.15, -0.1) is 0 Å². The van der Waals surface area contributed by atoms with Crippen molar-refractivity contribution in [1.82, 2.24) is 0 Å². The summed E-state index contributed by atoms with van der Waals surface area (Å²) in [6.45, 7) is 10.9. The monoisotopic (exact) mass is 398 g/mol. The molecule has 5 nitrogen and oxygen atoms in total. The molecule has 1 aliphatic heterocycles. The predicted octanol–water partition coefficient (Wildman–Crippen LogP) is 5.36. The molecule has 156 valence electrons. The van der Waals surface area contributed by atoms with Gasteiger partial charge in [0.2, 0.25) is 0 Å². The number of hydrogen-bond donors (Lipinski definition) is 2. The Balaban J connectivity index is 2.75. The number of aliphatic carboxylic acids is 1. The first-order chi connectivity index (χ1) is 13.5. The molecule has 0 aromatic rings. The Hall–Kier alpha value is -3.08. The molecule has 5 heteroatoms. The van der Waals surface area contributed by atoms with Crippen LogP contribution in [0.5, 0.6) is 0 Å². The largest absolute Gasteiger partial charge is 0.511 e. The third-order valence-electron chi connectivity index (χ3n) is 4.46. The summed E-state index contributed by atoms with van der Waals surface area (Å²) in [5.74, 6) is -1.63. The molecule has 1 rings (SSSR count). The van der Waals surface area contributed by atoms with Crippen molar-refractivity contribution >= 4 is 11.9 Å². The minimum Gasteiger partial charge on any atom is -0.511 e. The number of carboxylic acids is 1. The van der Waals surface area contributed by atoms with Gasteiger partial charge in [-0.2, -0.15) is 0 Å². The lowest BCUT2D eigenvalue weighted by Crippen LogP contribution is -2.33. The number of aliphatic hydroxyl groups excluding tert-OH is 1. The van der Waals surface area contributed by atoms with Crippen LogP contribution in [0, 0.1) is 5.92 Å². The molecule has 0 fully saturated rings. The second kappa shape index (κ2) is 11.1. The molecular weight excluding hydrogens is 368 g/mol. The summed E-state index contributed by atoms with van der Waals surface area (Å²) in [7, 11) is 0. The zero-order valence-electron chi connectivity index (χ0n) is 17.9. The zero-order chi connectivity index (χ0) is 22.1. The summed E-state index contributed by atoms with van der Waals surface area (Å²) in [5, 5.41) is 18.8. The number of allylic oxidation sites excluding steroid dienone is 10. The minimum atomic E-state index is -0.959. The van der Waals surface area contributed by atoms with Crippen LogP contribution in [0.2, 0.25) is 0 Å². The topological polar surface area (TPSA) is 83.8 Å². The van der Waals surface area contributed by atoms with Gasteiger partial charge in [0.25, 0.3) is 0 Å². The van der Waals surface area contributed by atoms with Crippen LogP contribution in [0.4, 0.5) is 0 Å². The maximum absolute atomic E-state index is 11.8. The minimum absolute atomic E-state index is 0.0838.